The minimum Gasteiger partial charge on any atom is -0.456 e. The van der Waals surface area contributed by atoms with Crippen molar-refractivity contribution < 1.29 is 4.42 Å². The zero-order chi connectivity index (χ0) is 13.3. The molecular weight excluding hydrogens is 234 g/mol. The zero-order valence-corrected chi connectivity index (χ0v) is 10.1. The molecule has 2 rings (SSSR count). The summed E-state index contributed by atoms with van der Waals surface area (Å²) in [5, 5.41) is 8.90. The van der Waals surface area contributed by atoms with Crippen molar-refractivity contribution in [3.05, 3.63) is 71.7 Å². The van der Waals surface area contributed by atoms with Crippen molar-refractivity contribution in [3.8, 4) is 29.8 Å². The van der Waals surface area contributed by atoms with Gasteiger partial charge in [-0.25, -0.2) is 0 Å². The van der Waals surface area contributed by atoms with Gasteiger partial charge in [0.2, 0.25) is 0 Å². The molecule has 0 aliphatic rings. The van der Waals surface area contributed by atoms with Crippen LogP contribution in [0.25, 0.3) is 0 Å². The molecule has 0 atom stereocenters. The van der Waals surface area contributed by atoms with Crippen molar-refractivity contribution in [1.29, 1.82) is 5.26 Å². The van der Waals surface area contributed by atoms with Crippen LogP contribution >= 0.6 is 0 Å². The molecule has 2 aromatic rings. The van der Waals surface area contributed by atoms with E-state index >= 15 is 0 Å². The lowest BCUT2D eigenvalue weighted by atomic mass is 10.1. The van der Waals surface area contributed by atoms with Gasteiger partial charge in [-0.2, -0.15) is 5.26 Å². The quantitative estimate of drug-likeness (QED) is 0.667. The normalized spacial score (nSPS) is 9.00. The zero-order valence-electron chi connectivity index (χ0n) is 10.1. The van der Waals surface area contributed by atoms with Crippen molar-refractivity contribution in [2.45, 2.75) is 0 Å². The first kappa shape index (κ1) is 12.3. The summed E-state index contributed by atoms with van der Waals surface area (Å²) < 4.78 is 5.06. The minimum atomic E-state index is 0.574. The van der Waals surface area contributed by atoms with Gasteiger partial charge in [-0.3, -0.25) is 0 Å². The first-order valence-electron chi connectivity index (χ1n) is 5.61. The van der Waals surface area contributed by atoms with Crippen LogP contribution < -0.4 is 0 Å². The topological polar surface area (TPSA) is 36.9 Å². The Bertz CT molecular complexity index is 738. The lowest BCUT2D eigenvalue weighted by molar-refractivity contribution is 0.554. The maximum absolute atomic E-state index is 8.90. The third-order valence-electron chi connectivity index (χ3n) is 2.22. The van der Waals surface area contributed by atoms with Gasteiger partial charge < -0.3 is 4.42 Å². The molecular formula is C17H9NO. The van der Waals surface area contributed by atoms with Crippen LogP contribution in [0.3, 0.4) is 0 Å². The Kier molecular flexibility index (Phi) is 4.25. The fourth-order valence-corrected chi connectivity index (χ4v) is 1.35. The molecule has 0 radical (unpaired) electrons. The number of benzene rings is 1. The average molecular weight is 243 g/mol. The summed E-state index contributed by atoms with van der Waals surface area (Å²) in [7, 11) is 0. The SMILES string of the molecule is N#Cc1ccccc1C#CC=CC#Cc1ccco1. The molecule has 0 spiro atoms. The third-order valence-corrected chi connectivity index (χ3v) is 2.22. The Morgan fingerprint density at radius 3 is 2.32 bits per heavy atom. The van der Waals surface area contributed by atoms with Crippen LogP contribution in [0.4, 0.5) is 0 Å². The van der Waals surface area contributed by atoms with Crippen LogP contribution in [0, 0.1) is 35.0 Å². The van der Waals surface area contributed by atoms with Crippen LogP contribution in [0.2, 0.25) is 0 Å². The van der Waals surface area contributed by atoms with Crippen LogP contribution in [0.1, 0.15) is 16.9 Å². The molecule has 19 heavy (non-hydrogen) atoms. The lowest BCUT2D eigenvalue weighted by Gasteiger charge is -1.91. The molecule has 0 amide bonds. The Hall–Kier alpha value is -3.15. The lowest BCUT2D eigenvalue weighted by Crippen LogP contribution is -1.80. The van der Waals surface area contributed by atoms with Crippen LogP contribution in [0.5, 0.6) is 0 Å². The van der Waals surface area contributed by atoms with Crippen molar-refractivity contribution in [2.24, 2.45) is 0 Å². The molecule has 2 heteroatoms. The fraction of sp³-hybridized carbons (Fsp3) is 0. The van der Waals surface area contributed by atoms with E-state index in [9.17, 15) is 0 Å². The summed E-state index contributed by atoms with van der Waals surface area (Å²) in [6, 6.07) is 12.9. The van der Waals surface area contributed by atoms with Crippen molar-refractivity contribution >= 4 is 0 Å². The van der Waals surface area contributed by atoms with Crippen molar-refractivity contribution in [2.75, 3.05) is 0 Å². The van der Waals surface area contributed by atoms with E-state index in [2.05, 4.69) is 29.8 Å². The number of furan rings is 1. The Balaban J connectivity index is 2.04. The molecule has 0 unspecified atom stereocenters. The Morgan fingerprint density at radius 2 is 1.63 bits per heavy atom. The average Bonchev–Trinajstić information content (AvgIpc) is 2.96. The molecule has 0 aliphatic carbocycles. The van der Waals surface area contributed by atoms with E-state index in [-0.39, 0.29) is 0 Å². The number of hydrogen-bond acceptors (Lipinski definition) is 2. The van der Waals surface area contributed by atoms with Gasteiger partial charge in [-0.15, -0.1) is 0 Å². The highest BCUT2D eigenvalue weighted by Crippen LogP contribution is 2.04. The highest BCUT2D eigenvalue weighted by molar-refractivity contribution is 5.49. The molecule has 0 N–H and O–H groups in total. The highest BCUT2D eigenvalue weighted by atomic mass is 16.3. The van der Waals surface area contributed by atoms with Gasteiger partial charge in [-0.1, -0.05) is 29.9 Å². The van der Waals surface area contributed by atoms with Gasteiger partial charge in [0.25, 0.3) is 0 Å². The van der Waals surface area contributed by atoms with Crippen LogP contribution in [-0.2, 0) is 0 Å². The monoisotopic (exact) mass is 243 g/mol. The second kappa shape index (κ2) is 6.55. The number of rotatable bonds is 0. The standard InChI is InChI=1S/C17H9NO/c18-14-16-10-6-5-9-15(16)8-3-1-2-4-11-17-12-7-13-19-17/h1-2,5-7,9-10,12-13H. The second-order valence-corrected chi connectivity index (χ2v) is 3.51. The summed E-state index contributed by atoms with van der Waals surface area (Å²) in [4.78, 5) is 0. The molecule has 88 valence electrons. The van der Waals surface area contributed by atoms with E-state index in [1.165, 1.54) is 0 Å². The first-order valence-corrected chi connectivity index (χ1v) is 5.61. The molecule has 2 nitrogen and oxygen atoms in total. The van der Waals surface area contributed by atoms with E-state index < -0.39 is 0 Å². The first-order chi connectivity index (χ1) is 9.40. The van der Waals surface area contributed by atoms with Gasteiger partial charge in [-0.05, 0) is 42.3 Å². The Morgan fingerprint density at radius 1 is 0.895 bits per heavy atom. The van der Waals surface area contributed by atoms with Gasteiger partial charge in [0.05, 0.1) is 11.8 Å². The smallest absolute Gasteiger partial charge is 0.176 e. The number of hydrogen-bond donors (Lipinski definition) is 0. The summed E-state index contributed by atoms with van der Waals surface area (Å²) in [6.45, 7) is 0. The molecule has 0 aliphatic heterocycles. The molecule has 0 saturated heterocycles. The van der Waals surface area contributed by atoms with Gasteiger partial charge >= 0.3 is 0 Å². The summed E-state index contributed by atoms with van der Waals surface area (Å²) in [5.41, 5.74) is 1.29. The predicted octanol–water partition coefficient (Wildman–Crippen LogP) is 3.11. The molecule has 0 saturated carbocycles. The van der Waals surface area contributed by atoms with Gasteiger partial charge in [0.15, 0.2) is 5.76 Å². The number of allylic oxidation sites excluding steroid dienone is 2. The van der Waals surface area contributed by atoms with E-state index in [1.807, 2.05) is 18.2 Å². The second-order valence-electron chi connectivity index (χ2n) is 3.51. The summed E-state index contributed by atoms with van der Waals surface area (Å²) in [6.07, 6.45) is 4.86. The van der Waals surface area contributed by atoms with Crippen molar-refractivity contribution in [3.63, 3.8) is 0 Å². The maximum Gasteiger partial charge on any atom is 0.176 e. The highest BCUT2D eigenvalue weighted by Gasteiger charge is 1.94. The van der Waals surface area contributed by atoms with Gasteiger partial charge in [0.1, 0.15) is 6.07 Å². The van der Waals surface area contributed by atoms with E-state index in [1.54, 1.807) is 36.6 Å². The van der Waals surface area contributed by atoms with Crippen LogP contribution in [0.15, 0.2) is 59.2 Å². The molecule has 0 bridgehead atoms. The minimum absolute atomic E-state index is 0.574. The third kappa shape index (κ3) is 3.67. The number of nitriles is 1. The molecule has 1 heterocycles. The van der Waals surface area contributed by atoms with E-state index in [0.29, 0.717) is 16.9 Å². The summed E-state index contributed by atoms with van der Waals surface area (Å²) in [5.74, 6) is 12.0. The number of nitrogens with zero attached hydrogens (tertiary/aromatic N) is 1. The Labute approximate surface area is 112 Å². The summed E-state index contributed by atoms with van der Waals surface area (Å²) >= 11 is 0. The van der Waals surface area contributed by atoms with Crippen molar-refractivity contribution in [1.82, 2.24) is 0 Å². The van der Waals surface area contributed by atoms with Gasteiger partial charge in [0, 0.05) is 5.56 Å². The largest absolute Gasteiger partial charge is 0.456 e. The maximum atomic E-state index is 8.90. The predicted molar refractivity (Wildman–Crippen MR) is 72.8 cm³/mol. The van der Waals surface area contributed by atoms with E-state index in [4.69, 9.17) is 9.68 Å². The fourth-order valence-electron chi connectivity index (χ4n) is 1.35. The molecule has 1 aromatic heterocycles. The van der Waals surface area contributed by atoms with E-state index in [0.717, 1.165) is 0 Å². The molecule has 0 fully saturated rings. The molecule has 1 aromatic carbocycles. The van der Waals surface area contributed by atoms with Crippen LogP contribution in [-0.4, -0.2) is 0 Å².